The summed E-state index contributed by atoms with van der Waals surface area (Å²) in [6.07, 6.45) is 1.55. The van der Waals surface area contributed by atoms with E-state index in [4.69, 9.17) is 4.74 Å². The number of nitrogens with one attached hydrogen (secondary N) is 1. The maximum Gasteiger partial charge on any atom is 0.343 e. The molecule has 0 spiro atoms. The minimum Gasteiger partial charge on any atom is -0.462 e. The molecule has 0 saturated heterocycles. The van der Waals surface area contributed by atoms with Crippen LogP contribution in [0.15, 0.2) is 34.6 Å². The summed E-state index contributed by atoms with van der Waals surface area (Å²) in [7, 11) is 0. The lowest BCUT2D eigenvalue weighted by atomic mass is 10.1. The fourth-order valence-electron chi connectivity index (χ4n) is 2.89. The van der Waals surface area contributed by atoms with E-state index in [1.54, 1.807) is 19.2 Å². The minimum atomic E-state index is -0.609. The molecule has 28 heavy (non-hydrogen) atoms. The van der Waals surface area contributed by atoms with Crippen molar-refractivity contribution < 1.29 is 14.3 Å². The molecule has 7 nitrogen and oxygen atoms in total. The van der Waals surface area contributed by atoms with Gasteiger partial charge in [-0.1, -0.05) is 6.07 Å². The number of carbonyl (C=O) groups excluding carboxylic acids is 2. The third kappa shape index (κ3) is 3.96. The zero-order valence-corrected chi connectivity index (χ0v) is 16.8. The molecule has 3 aromatic rings. The van der Waals surface area contributed by atoms with Gasteiger partial charge in [0.25, 0.3) is 0 Å². The van der Waals surface area contributed by atoms with Crippen LogP contribution in [0.3, 0.4) is 0 Å². The van der Waals surface area contributed by atoms with Crippen LogP contribution in [-0.4, -0.2) is 28.0 Å². The van der Waals surface area contributed by atoms with Crippen molar-refractivity contribution in [3.05, 3.63) is 50.6 Å². The number of hydrogen-bond acceptors (Lipinski definition) is 6. The van der Waals surface area contributed by atoms with Gasteiger partial charge in [-0.2, -0.15) is 0 Å². The number of aromatic nitrogens is 2. The Hall–Kier alpha value is -3.00. The lowest BCUT2D eigenvalue weighted by molar-refractivity contribution is -0.119. The number of esters is 1. The van der Waals surface area contributed by atoms with Crippen LogP contribution >= 0.6 is 11.3 Å². The number of ether oxygens (including phenoxy) is 1. The molecule has 8 heteroatoms. The number of nitrogens with zero attached hydrogens (tertiary/aromatic N) is 2. The summed E-state index contributed by atoms with van der Waals surface area (Å²) in [5.41, 5.74) is 2.07. The number of thiazole rings is 1. The van der Waals surface area contributed by atoms with Crippen LogP contribution in [0.1, 0.15) is 36.1 Å². The van der Waals surface area contributed by atoms with E-state index in [1.807, 2.05) is 29.0 Å². The topological polar surface area (TPSA) is 90.3 Å². The Morgan fingerprint density at radius 1 is 1.29 bits per heavy atom. The van der Waals surface area contributed by atoms with Crippen molar-refractivity contribution in [2.24, 2.45) is 0 Å². The fraction of sp³-hybridized carbons (Fsp3) is 0.300. The van der Waals surface area contributed by atoms with Crippen molar-refractivity contribution in [3.8, 4) is 11.3 Å². The van der Waals surface area contributed by atoms with E-state index in [1.165, 1.54) is 18.3 Å². The maximum absolute atomic E-state index is 12.7. The second-order valence-electron chi connectivity index (χ2n) is 6.15. The van der Waals surface area contributed by atoms with Gasteiger partial charge in [0.05, 0.1) is 24.4 Å². The Bertz CT molecular complexity index is 1100. The first-order valence-corrected chi connectivity index (χ1v) is 9.86. The smallest absolute Gasteiger partial charge is 0.343 e. The highest BCUT2D eigenvalue weighted by Gasteiger charge is 2.17. The van der Waals surface area contributed by atoms with Crippen LogP contribution in [0.5, 0.6) is 0 Å². The Morgan fingerprint density at radius 3 is 2.75 bits per heavy atom. The quantitative estimate of drug-likeness (QED) is 0.644. The second kappa shape index (κ2) is 8.35. The molecule has 0 aliphatic carbocycles. The first kappa shape index (κ1) is 19.8. The molecule has 0 bridgehead atoms. The third-order valence-electron chi connectivity index (χ3n) is 4.25. The Morgan fingerprint density at radius 2 is 2.07 bits per heavy atom. The van der Waals surface area contributed by atoms with Gasteiger partial charge in [0, 0.05) is 36.0 Å². The highest BCUT2D eigenvalue weighted by molar-refractivity contribution is 7.09. The van der Waals surface area contributed by atoms with Crippen molar-refractivity contribution >= 4 is 34.1 Å². The molecular weight excluding hydrogens is 378 g/mol. The summed E-state index contributed by atoms with van der Waals surface area (Å²) >= 11 is 1.46. The van der Waals surface area contributed by atoms with E-state index in [-0.39, 0.29) is 23.5 Å². The van der Waals surface area contributed by atoms with E-state index in [0.29, 0.717) is 18.5 Å². The molecule has 1 aromatic carbocycles. The Labute approximate surface area is 166 Å². The molecular formula is C20H21N3O4S. The van der Waals surface area contributed by atoms with Gasteiger partial charge in [-0.25, -0.2) is 9.78 Å². The van der Waals surface area contributed by atoms with E-state index >= 15 is 0 Å². The largest absolute Gasteiger partial charge is 0.462 e. The normalized spacial score (nSPS) is 10.8. The molecule has 0 fully saturated rings. The van der Waals surface area contributed by atoms with Gasteiger partial charge in [0.2, 0.25) is 11.3 Å². The fourth-order valence-corrected chi connectivity index (χ4v) is 3.63. The zero-order chi connectivity index (χ0) is 20.3. The average molecular weight is 399 g/mol. The van der Waals surface area contributed by atoms with Crippen LogP contribution < -0.4 is 10.7 Å². The minimum absolute atomic E-state index is 0.0372. The predicted molar refractivity (Wildman–Crippen MR) is 108 cm³/mol. The van der Waals surface area contributed by atoms with Crippen molar-refractivity contribution in [2.75, 3.05) is 6.61 Å². The van der Waals surface area contributed by atoms with E-state index in [0.717, 1.165) is 21.8 Å². The van der Waals surface area contributed by atoms with Crippen LogP contribution in [0.25, 0.3) is 22.2 Å². The lowest BCUT2D eigenvalue weighted by Crippen LogP contribution is -2.20. The summed E-state index contributed by atoms with van der Waals surface area (Å²) in [6, 6.07) is 5.43. The molecule has 0 saturated carbocycles. The molecule has 0 unspecified atom stereocenters. The molecule has 0 aliphatic heterocycles. The molecule has 1 N–H and O–H groups in total. The van der Waals surface area contributed by atoms with Crippen LogP contribution in [0, 0.1) is 0 Å². The van der Waals surface area contributed by atoms with Crippen LogP contribution in [0.4, 0.5) is 0 Å². The second-order valence-corrected chi connectivity index (χ2v) is 7.09. The molecule has 2 aromatic heterocycles. The SMILES string of the molecule is CCOC(=O)c1cn(CC)c2cc(-c3csc(CNC(C)=O)n3)ccc2c1=O. The number of pyridine rings is 1. The Kier molecular flexibility index (Phi) is 5.89. The van der Waals surface area contributed by atoms with Gasteiger partial charge in [-0.15, -0.1) is 11.3 Å². The number of hydrogen-bond donors (Lipinski definition) is 1. The van der Waals surface area contributed by atoms with Gasteiger partial charge >= 0.3 is 5.97 Å². The molecule has 3 rings (SSSR count). The van der Waals surface area contributed by atoms with E-state index in [9.17, 15) is 14.4 Å². The monoisotopic (exact) mass is 399 g/mol. The summed E-state index contributed by atoms with van der Waals surface area (Å²) in [6.45, 7) is 6.31. The maximum atomic E-state index is 12.7. The number of amides is 1. The van der Waals surface area contributed by atoms with Crippen LogP contribution in [0.2, 0.25) is 0 Å². The zero-order valence-electron chi connectivity index (χ0n) is 15.9. The van der Waals surface area contributed by atoms with Crippen molar-refractivity contribution in [1.29, 1.82) is 0 Å². The predicted octanol–water partition coefficient (Wildman–Crippen LogP) is 2.96. The standard InChI is InChI=1S/C20H21N3O4S/c1-4-23-10-15(20(26)27-5-2)19(25)14-7-6-13(8-17(14)23)16-11-28-18(22-16)9-21-12(3)24/h6-8,10-11H,4-5,9H2,1-3H3,(H,21,24). The van der Waals surface area contributed by atoms with E-state index in [2.05, 4.69) is 10.3 Å². The molecule has 2 heterocycles. The van der Waals surface area contributed by atoms with Gasteiger partial charge in [-0.05, 0) is 26.0 Å². The molecule has 0 atom stereocenters. The van der Waals surface area contributed by atoms with Gasteiger partial charge in [0.15, 0.2) is 0 Å². The lowest BCUT2D eigenvalue weighted by Gasteiger charge is -2.12. The van der Waals surface area contributed by atoms with Crippen LogP contribution in [-0.2, 0) is 22.6 Å². The number of aryl methyl sites for hydroxylation is 1. The number of rotatable bonds is 6. The average Bonchev–Trinajstić information content (AvgIpc) is 3.15. The molecule has 0 aliphatic rings. The van der Waals surface area contributed by atoms with E-state index < -0.39 is 5.97 Å². The summed E-state index contributed by atoms with van der Waals surface area (Å²) in [4.78, 5) is 40.5. The number of fused-ring (bicyclic) bond motifs is 1. The van der Waals surface area contributed by atoms with Gasteiger partial charge < -0.3 is 14.6 Å². The first-order valence-electron chi connectivity index (χ1n) is 8.98. The summed E-state index contributed by atoms with van der Waals surface area (Å²) < 4.78 is 6.86. The highest BCUT2D eigenvalue weighted by Crippen LogP contribution is 2.25. The van der Waals surface area contributed by atoms with Crippen molar-refractivity contribution in [1.82, 2.24) is 14.9 Å². The van der Waals surface area contributed by atoms with Crippen molar-refractivity contribution in [2.45, 2.75) is 33.9 Å². The van der Waals surface area contributed by atoms with Gasteiger partial charge in [0.1, 0.15) is 10.6 Å². The summed E-state index contributed by atoms with van der Waals surface area (Å²) in [5.74, 6) is -0.713. The molecule has 146 valence electrons. The van der Waals surface area contributed by atoms with Gasteiger partial charge in [-0.3, -0.25) is 9.59 Å². The highest BCUT2D eigenvalue weighted by atomic mass is 32.1. The molecule has 0 radical (unpaired) electrons. The molecule has 1 amide bonds. The number of benzene rings is 1. The Balaban J connectivity index is 2.04. The number of carbonyl (C=O) groups is 2. The summed E-state index contributed by atoms with van der Waals surface area (Å²) in [5, 5.41) is 5.91. The third-order valence-corrected chi connectivity index (χ3v) is 5.10. The first-order chi connectivity index (χ1) is 13.4. The van der Waals surface area contributed by atoms with Crippen molar-refractivity contribution in [3.63, 3.8) is 0 Å².